The number of sulfonamides is 1. The average Bonchev–Trinajstić information content (AvgIpc) is 3.30. The number of aromatic amines is 1. The van der Waals surface area contributed by atoms with Crippen LogP contribution in [0.3, 0.4) is 0 Å². The van der Waals surface area contributed by atoms with Gasteiger partial charge in [-0.15, -0.1) is 0 Å². The van der Waals surface area contributed by atoms with Crippen LogP contribution in [0.1, 0.15) is 24.2 Å². The zero-order chi connectivity index (χ0) is 18.3. The number of aromatic nitrogens is 2. The summed E-state index contributed by atoms with van der Waals surface area (Å²) < 4.78 is 40.2. The molecule has 138 valence electrons. The molecule has 1 atom stereocenters. The third-order valence-corrected chi connectivity index (χ3v) is 6.92. The molecule has 2 aliphatic heterocycles. The number of hydrogen-bond donors (Lipinski definition) is 1. The molecule has 3 heterocycles. The number of amides is 1. The molecule has 1 amide bonds. The normalized spacial score (nSPS) is 21.0. The van der Waals surface area contributed by atoms with Crippen LogP contribution in [-0.2, 0) is 27.8 Å². The van der Waals surface area contributed by atoms with Crippen LogP contribution in [0.25, 0.3) is 0 Å². The summed E-state index contributed by atoms with van der Waals surface area (Å²) in [5, 5.41) is 0. The van der Waals surface area contributed by atoms with Crippen LogP contribution in [0.15, 0.2) is 35.5 Å². The monoisotopic (exact) mass is 378 g/mol. The Morgan fingerprint density at radius 1 is 1.23 bits per heavy atom. The van der Waals surface area contributed by atoms with E-state index in [0.29, 0.717) is 38.9 Å². The summed E-state index contributed by atoms with van der Waals surface area (Å²) in [6.07, 6.45) is 3.38. The van der Waals surface area contributed by atoms with Crippen LogP contribution in [0.5, 0.6) is 0 Å². The van der Waals surface area contributed by atoms with E-state index in [-0.39, 0.29) is 10.8 Å². The second-order valence-electron chi connectivity index (χ2n) is 6.57. The number of nitrogens with zero attached hydrogens (tertiary/aromatic N) is 3. The van der Waals surface area contributed by atoms with Crippen LogP contribution in [0.2, 0.25) is 0 Å². The molecule has 2 aliphatic rings. The third-order valence-electron chi connectivity index (χ3n) is 5.00. The van der Waals surface area contributed by atoms with Crippen LogP contribution in [0, 0.1) is 5.82 Å². The Morgan fingerprint density at radius 2 is 2.00 bits per heavy atom. The number of halogens is 1. The van der Waals surface area contributed by atoms with E-state index in [9.17, 15) is 17.6 Å². The van der Waals surface area contributed by atoms with Gasteiger partial charge in [-0.1, -0.05) is 0 Å². The maximum absolute atomic E-state index is 13.1. The highest BCUT2D eigenvalue weighted by molar-refractivity contribution is 7.89. The molecule has 0 radical (unpaired) electrons. The molecule has 0 bridgehead atoms. The molecule has 26 heavy (non-hydrogen) atoms. The van der Waals surface area contributed by atoms with Crippen molar-refractivity contribution >= 4 is 15.9 Å². The van der Waals surface area contributed by atoms with E-state index in [0.717, 1.165) is 23.5 Å². The number of hydrogen-bond acceptors (Lipinski definition) is 4. The summed E-state index contributed by atoms with van der Waals surface area (Å²) in [6.45, 7) is 1.23. The van der Waals surface area contributed by atoms with Gasteiger partial charge in [-0.05, 0) is 37.1 Å². The fourth-order valence-electron chi connectivity index (χ4n) is 3.63. The minimum absolute atomic E-state index is 0.00750. The number of fused-ring (bicyclic) bond motifs is 1. The fraction of sp³-hybridized carbons (Fsp3) is 0.412. The van der Waals surface area contributed by atoms with Gasteiger partial charge < -0.3 is 9.88 Å². The smallest absolute Gasteiger partial charge is 0.243 e. The van der Waals surface area contributed by atoms with E-state index in [4.69, 9.17) is 0 Å². The second-order valence-corrected chi connectivity index (χ2v) is 8.46. The summed E-state index contributed by atoms with van der Waals surface area (Å²) in [5.41, 5.74) is 1.85. The average molecular weight is 378 g/mol. The van der Waals surface area contributed by atoms with Crippen LogP contribution in [-0.4, -0.2) is 52.6 Å². The van der Waals surface area contributed by atoms with E-state index in [1.165, 1.54) is 16.4 Å². The zero-order valence-electron chi connectivity index (χ0n) is 14.1. The summed E-state index contributed by atoms with van der Waals surface area (Å²) in [6, 6.07) is 3.99. The van der Waals surface area contributed by atoms with Gasteiger partial charge in [0.2, 0.25) is 15.9 Å². The van der Waals surface area contributed by atoms with E-state index >= 15 is 0 Å². The minimum Gasteiger partial charge on any atom is -0.347 e. The highest BCUT2D eigenvalue weighted by Crippen LogP contribution is 2.28. The van der Waals surface area contributed by atoms with Crippen LogP contribution in [0.4, 0.5) is 4.39 Å². The Balaban J connectivity index is 1.56. The van der Waals surface area contributed by atoms with Gasteiger partial charge in [0.25, 0.3) is 0 Å². The lowest BCUT2D eigenvalue weighted by atomic mass is 10.1. The maximum atomic E-state index is 13.1. The first-order chi connectivity index (χ1) is 12.5. The number of rotatable bonds is 3. The van der Waals surface area contributed by atoms with Crippen molar-refractivity contribution in [1.29, 1.82) is 0 Å². The van der Waals surface area contributed by atoms with Gasteiger partial charge in [-0.2, -0.15) is 4.31 Å². The molecule has 1 fully saturated rings. The van der Waals surface area contributed by atoms with E-state index in [1.54, 1.807) is 11.2 Å². The molecule has 1 saturated heterocycles. The predicted molar refractivity (Wildman–Crippen MR) is 91.0 cm³/mol. The Kier molecular flexibility index (Phi) is 4.28. The van der Waals surface area contributed by atoms with Crippen molar-refractivity contribution in [3.05, 3.63) is 47.8 Å². The van der Waals surface area contributed by atoms with Crippen LogP contribution < -0.4 is 0 Å². The second kappa shape index (κ2) is 6.48. The number of carbonyl (C=O) groups is 1. The molecule has 7 nitrogen and oxygen atoms in total. The lowest BCUT2D eigenvalue weighted by Crippen LogP contribution is -2.49. The first-order valence-corrected chi connectivity index (χ1v) is 9.98. The molecule has 1 aromatic heterocycles. The SMILES string of the molecule is O=C(C1CCCN1S(=O)(=O)c1ccc(F)cc1)N1CCc2nc[nH]c2C1. The fourth-order valence-corrected chi connectivity index (χ4v) is 5.28. The first kappa shape index (κ1) is 17.2. The zero-order valence-corrected chi connectivity index (χ0v) is 14.9. The minimum atomic E-state index is -3.84. The lowest BCUT2D eigenvalue weighted by Gasteiger charge is -2.31. The molecule has 0 aliphatic carbocycles. The van der Waals surface area contributed by atoms with Crippen molar-refractivity contribution < 1.29 is 17.6 Å². The maximum Gasteiger partial charge on any atom is 0.243 e. The highest BCUT2D eigenvalue weighted by Gasteiger charge is 2.41. The standard InChI is InChI=1S/C17H19FN4O3S/c18-12-3-5-13(6-4-12)26(24,25)22-8-1-2-16(22)17(23)21-9-7-14-15(10-21)20-11-19-14/h3-6,11,16H,1-2,7-10H2,(H,19,20). The number of H-pyrrole nitrogens is 1. The van der Waals surface area contributed by atoms with Crippen molar-refractivity contribution in [2.75, 3.05) is 13.1 Å². The van der Waals surface area contributed by atoms with Crippen LogP contribution >= 0.6 is 0 Å². The van der Waals surface area contributed by atoms with Gasteiger partial charge in [0.15, 0.2) is 0 Å². The Labute approximate surface area is 150 Å². The summed E-state index contributed by atoms with van der Waals surface area (Å²) in [7, 11) is -3.84. The summed E-state index contributed by atoms with van der Waals surface area (Å²) in [5.74, 6) is -0.685. The van der Waals surface area contributed by atoms with Crippen molar-refractivity contribution in [1.82, 2.24) is 19.2 Å². The molecular formula is C17H19FN4O3S. The largest absolute Gasteiger partial charge is 0.347 e. The first-order valence-electron chi connectivity index (χ1n) is 8.54. The molecule has 9 heteroatoms. The molecule has 1 unspecified atom stereocenters. The lowest BCUT2D eigenvalue weighted by molar-refractivity contribution is -0.135. The van der Waals surface area contributed by atoms with Crippen molar-refractivity contribution in [3.63, 3.8) is 0 Å². The van der Waals surface area contributed by atoms with Gasteiger partial charge in [0, 0.05) is 19.5 Å². The van der Waals surface area contributed by atoms with Crippen molar-refractivity contribution in [2.24, 2.45) is 0 Å². The molecule has 4 rings (SSSR count). The number of imidazole rings is 1. The van der Waals surface area contributed by atoms with Gasteiger partial charge in [-0.25, -0.2) is 17.8 Å². The molecular weight excluding hydrogens is 359 g/mol. The van der Waals surface area contributed by atoms with Gasteiger partial charge in [-0.3, -0.25) is 4.79 Å². The number of carbonyl (C=O) groups excluding carboxylic acids is 1. The Hall–Kier alpha value is -2.26. The van der Waals surface area contributed by atoms with E-state index < -0.39 is 21.9 Å². The van der Waals surface area contributed by atoms with Gasteiger partial charge in [0.1, 0.15) is 11.9 Å². The molecule has 1 N–H and O–H groups in total. The summed E-state index contributed by atoms with van der Waals surface area (Å²) in [4.78, 5) is 21.9. The van der Waals surface area contributed by atoms with Gasteiger partial charge >= 0.3 is 0 Å². The molecule has 1 aromatic carbocycles. The van der Waals surface area contributed by atoms with E-state index in [2.05, 4.69) is 9.97 Å². The molecule has 0 saturated carbocycles. The molecule has 2 aromatic rings. The quantitative estimate of drug-likeness (QED) is 0.872. The topological polar surface area (TPSA) is 86.4 Å². The van der Waals surface area contributed by atoms with Crippen molar-refractivity contribution in [2.45, 2.75) is 36.7 Å². The van der Waals surface area contributed by atoms with E-state index in [1.807, 2.05) is 0 Å². The number of nitrogens with one attached hydrogen (secondary N) is 1. The van der Waals surface area contributed by atoms with Gasteiger partial charge in [0.05, 0.1) is 29.2 Å². The highest BCUT2D eigenvalue weighted by atomic mass is 32.2. The number of benzene rings is 1. The third kappa shape index (κ3) is 2.90. The Morgan fingerprint density at radius 3 is 2.77 bits per heavy atom. The Bertz CT molecular complexity index is 926. The summed E-state index contributed by atoms with van der Waals surface area (Å²) >= 11 is 0. The predicted octanol–water partition coefficient (Wildman–Crippen LogP) is 1.29. The van der Waals surface area contributed by atoms with Crippen molar-refractivity contribution in [3.8, 4) is 0 Å². The molecule has 0 spiro atoms.